The Morgan fingerprint density at radius 3 is 2.48 bits per heavy atom. The van der Waals surface area contributed by atoms with E-state index in [1.165, 1.54) is 11.3 Å². The third kappa shape index (κ3) is 6.86. The number of carbonyl (C=O) groups is 2. The highest BCUT2D eigenvalue weighted by Crippen LogP contribution is 2.21. The minimum atomic E-state index is -0.520. The molecule has 27 heavy (non-hydrogen) atoms. The van der Waals surface area contributed by atoms with Crippen molar-refractivity contribution in [1.82, 2.24) is 14.8 Å². The van der Waals surface area contributed by atoms with E-state index in [0.29, 0.717) is 11.7 Å². The summed E-state index contributed by atoms with van der Waals surface area (Å²) in [5, 5.41) is 3.42. The van der Waals surface area contributed by atoms with Gasteiger partial charge in [-0.3, -0.25) is 14.5 Å². The molecule has 152 valence electrons. The normalized spacial score (nSPS) is 15.6. The minimum absolute atomic E-state index is 0.00822. The lowest BCUT2D eigenvalue weighted by Gasteiger charge is -2.31. The van der Waals surface area contributed by atoms with E-state index in [9.17, 15) is 9.59 Å². The van der Waals surface area contributed by atoms with Crippen LogP contribution in [0.2, 0.25) is 0 Å². The molecule has 0 atom stereocenters. The number of nitrogens with zero attached hydrogens (tertiary/aromatic N) is 3. The molecule has 8 heteroatoms. The molecule has 2 rings (SSSR count). The molecule has 1 aromatic heterocycles. The van der Waals surface area contributed by atoms with Crippen LogP contribution in [0.15, 0.2) is 0 Å². The Morgan fingerprint density at radius 1 is 1.26 bits per heavy atom. The second-order valence-electron chi connectivity index (χ2n) is 7.99. The van der Waals surface area contributed by atoms with Crippen LogP contribution in [0.3, 0.4) is 0 Å². The number of nitrogens with one attached hydrogen (secondary N) is 1. The molecular formula is C19H32N4O3S. The first-order chi connectivity index (χ1) is 12.7. The largest absolute Gasteiger partial charge is 0.379 e. The maximum Gasteiger partial charge on any atom is 0.245 e. The number of anilines is 1. The molecule has 0 unspecified atom stereocenters. The molecule has 0 aromatic carbocycles. The summed E-state index contributed by atoms with van der Waals surface area (Å²) in [6.45, 7) is 14.5. The van der Waals surface area contributed by atoms with E-state index in [0.717, 1.165) is 49.8 Å². The SMILES string of the molecule is Cc1nc(NC(=O)CN(CCCN2CCOCC2)C(=O)C(C)(C)C)sc1C. The Bertz CT molecular complexity index is 628. The van der Waals surface area contributed by atoms with Gasteiger partial charge in [-0.05, 0) is 20.3 Å². The number of ether oxygens (including phenoxy) is 1. The maximum absolute atomic E-state index is 12.8. The van der Waals surface area contributed by atoms with Crippen LogP contribution >= 0.6 is 11.3 Å². The zero-order valence-electron chi connectivity index (χ0n) is 17.1. The van der Waals surface area contributed by atoms with Crippen LogP contribution in [0.1, 0.15) is 37.8 Å². The highest BCUT2D eigenvalue weighted by atomic mass is 32.1. The molecule has 1 fully saturated rings. The number of carbonyl (C=O) groups excluding carboxylic acids is 2. The average molecular weight is 397 g/mol. The van der Waals surface area contributed by atoms with Gasteiger partial charge in [-0.1, -0.05) is 20.8 Å². The van der Waals surface area contributed by atoms with Crippen molar-refractivity contribution in [3.8, 4) is 0 Å². The molecule has 0 bridgehead atoms. The number of rotatable bonds is 7. The van der Waals surface area contributed by atoms with Gasteiger partial charge in [-0.25, -0.2) is 4.98 Å². The average Bonchev–Trinajstić information content (AvgIpc) is 2.90. The Labute approximate surface area is 166 Å². The van der Waals surface area contributed by atoms with E-state index < -0.39 is 5.41 Å². The molecule has 0 radical (unpaired) electrons. The van der Waals surface area contributed by atoms with Crippen molar-refractivity contribution in [1.29, 1.82) is 0 Å². The number of hydrogen-bond acceptors (Lipinski definition) is 6. The molecule has 1 aromatic rings. The Balaban J connectivity index is 1.92. The van der Waals surface area contributed by atoms with E-state index >= 15 is 0 Å². The van der Waals surface area contributed by atoms with Gasteiger partial charge in [-0.2, -0.15) is 0 Å². The van der Waals surface area contributed by atoms with Crippen LogP contribution in [0.5, 0.6) is 0 Å². The summed E-state index contributed by atoms with van der Waals surface area (Å²) >= 11 is 1.46. The van der Waals surface area contributed by atoms with Crippen molar-refractivity contribution in [3.05, 3.63) is 10.6 Å². The fraction of sp³-hybridized carbons (Fsp3) is 0.737. The predicted molar refractivity (Wildman–Crippen MR) is 108 cm³/mol. The first-order valence-corrected chi connectivity index (χ1v) is 10.3. The van der Waals surface area contributed by atoms with Gasteiger partial charge in [0.2, 0.25) is 11.8 Å². The molecule has 0 saturated carbocycles. The van der Waals surface area contributed by atoms with Gasteiger partial charge in [0.1, 0.15) is 0 Å². The third-order valence-electron chi connectivity index (χ3n) is 4.54. The van der Waals surface area contributed by atoms with Gasteiger partial charge in [0, 0.05) is 36.5 Å². The lowest BCUT2D eigenvalue weighted by atomic mass is 9.94. The Morgan fingerprint density at radius 2 is 1.93 bits per heavy atom. The smallest absolute Gasteiger partial charge is 0.245 e. The van der Waals surface area contributed by atoms with Gasteiger partial charge in [0.05, 0.1) is 25.5 Å². The van der Waals surface area contributed by atoms with Crippen LogP contribution in [0.4, 0.5) is 5.13 Å². The molecule has 1 aliphatic heterocycles. The summed E-state index contributed by atoms with van der Waals surface area (Å²) in [6.07, 6.45) is 0.838. The second-order valence-corrected chi connectivity index (χ2v) is 9.20. The summed E-state index contributed by atoms with van der Waals surface area (Å²) < 4.78 is 5.37. The zero-order valence-corrected chi connectivity index (χ0v) is 17.9. The third-order valence-corrected chi connectivity index (χ3v) is 5.53. The van der Waals surface area contributed by atoms with Crippen LogP contribution in [-0.4, -0.2) is 72.5 Å². The van der Waals surface area contributed by atoms with Crippen LogP contribution < -0.4 is 5.32 Å². The van der Waals surface area contributed by atoms with Crippen molar-refractivity contribution in [2.24, 2.45) is 5.41 Å². The van der Waals surface area contributed by atoms with Crippen LogP contribution in [0.25, 0.3) is 0 Å². The second kappa shape index (κ2) is 9.61. The van der Waals surface area contributed by atoms with Crippen LogP contribution in [-0.2, 0) is 14.3 Å². The molecule has 7 nitrogen and oxygen atoms in total. The number of aromatic nitrogens is 1. The topological polar surface area (TPSA) is 74.8 Å². The quantitative estimate of drug-likeness (QED) is 0.765. The molecule has 1 N–H and O–H groups in total. The lowest BCUT2D eigenvalue weighted by Crippen LogP contribution is -2.45. The highest BCUT2D eigenvalue weighted by Gasteiger charge is 2.28. The molecule has 2 heterocycles. The van der Waals surface area contributed by atoms with Gasteiger partial charge in [0.15, 0.2) is 5.13 Å². The van der Waals surface area contributed by atoms with Gasteiger partial charge >= 0.3 is 0 Å². The van der Waals surface area contributed by atoms with E-state index in [4.69, 9.17) is 4.74 Å². The Hall–Kier alpha value is -1.51. The van der Waals surface area contributed by atoms with E-state index in [1.54, 1.807) is 4.90 Å². The lowest BCUT2D eigenvalue weighted by molar-refractivity contribution is -0.142. The molecular weight excluding hydrogens is 364 g/mol. The van der Waals surface area contributed by atoms with E-state index in [2.05, 4.69) is 15.2 Å². The highest BCUT2D eigenvalue weighted by molar-refractivity contribution is 7.15. The zero-order chi connectivity index (χ0) is 20.0. The Kier molecular flexibility index (Phi) is 7.76. The van der Waals surface area contributed by atoms with Crippen molar-refractivity contribution < 1.29 is 14.3 Å². The number of aryl methyl sites for hydroxylation is 2. The molecule has 0 aliphatic carbocycles. The molecule has 2 amide bonds. The minimum Gasteiger partial charge on any atom is -0.379 e. The van der Waals surface area contributed by atoms with Gasteiger partial charge in [0.25, 0.3) is 0 Å². The maximum atomic E-state index is 12.8. The summed E-state index contributed by atoms with van der Waals surface area (Å²) in [6, 6.07) is 0. The van der Waals surface area contributed by atoms with Crippen molar-refractivity contribution in [2.45, 2.75) is 41.0 Å². The monoisotopic (exact) mass is 396 g/mol. The summed E-state index contributed by atoms with van der Waals surface area (Å²) in [5.41, 5.74) is 0.400. The number of thiazole rings is 1. The number of amides is 2. The molecule has 1 aliphatic rings. The van der Waals surface area contributed by atoms with E-state index in [-0.39, 0.29) is 18.4 Å². The fourth-order valence-electron chi connectivity index (χ4n) is 2.90. The van der Waals surface area contributed by atoms with E-state index in [1.807, 2.05) is 34.6 Å². The first kappa shape index (κ1) is 21.8. The predicted octanol–water partition coefficient (Wildman–Crippen LogP) is 2.30. The molecule has 0 spiro atoms. The summed E-state index contributed by atoms with van der Waals surface area (Å²) in [7, 11) is 0. The van der Waals surface area contributed by atoms with Crippen molar-refractivity contribution in [2.75, 3.05) is 51.3 Å². The van der Waals surface area contributed by atoms with Crippen molar-refractivity contribution in [3.63, 3.8) is 0 Å². The summed E-state index contributed by atoms with van der Waals surface area (Å²) in [4.78, 5) is 34.7. The molecule has 1 saturated heterocycles. The van der Waals surface area contributed by atoms with Crippen LogP contribution in [0, 0.1) is 19.3 Å². The first-order valence-electron chi connectivity index (χ1n) is 9.50. The summed E-state index contributed by atoms with van der Waals surface area (Å²) in [5.74, 6) is -0.209. The van der Waals surface area contributed by atoms with Crippen molar-refractivity contribution >= 4 is 28.3 Å². The standard InChI is InChI=1S/C19H32N4O3S/c1-14-15(2)27-18(20-14)21-16(24)13-23(17(25)19(3,4)5)8-6-7-22-9-11-26-12-10-22/h6-13H2,1-5H3,(H,20,21,24). The van der Waals surface area contributed by atoms with Gasteiger partial charge in [-0.15, -0.1) is 11.3 Å². The fourth-order valence-corrected chi connectivity index (χ4v) is 3.73. The van der Waals surface area contributed by atoms with Gasteiger partial charge < -0.3 is 15.0 Å². The number of morpholine rings is 1. The number of hydrogen-bond donors (Lipinski definition) is 1.